The van der Waals surface area contributed by atoms with Gasteiger partial charge in [0, 0.05) is 32.3 Å². The normalized spacial score (nSPS) is 19.4. The van der Waals surface area contributed by atoms with E-state index in [0.29, 0.717) is 12.2 Å². The largest absolute Gasteiger partial charge is 0.488 e. The Morgan fingerprint density at radius 3 is 2.50 bits per heavy atom. The highest BCUT2D eigenvalue weighted by molar-refractivity contribution is 5.44. The first kappa shape index (κ1) is 16.7. The maximum absolute atomic E-state index is 12.9. The van der Waals surface area contributed by atoms with E-state index in [4.69, 9.17) is 9.84 Å². The van der Waals surface area contributed by atoms with E-state index < -0.39 is 11.7 Å². The maximum atomic E-state index is 12.9. The van der Waals surface area contributed by atoms with Gasteiger partial charge in [0.1, 0.15) is 23.1 Å². The summed E-state index contributed by atoms with van der Waals surface area (Å²) in [7, 11) is 2.92. The van der Waals surface area contributed by atoms with Crippen LogP contribution in [0.1, 0.15) is 12.0 Å². The van der Waals surface area contributed by atoms with E-state index in [0.717, 1.165) is 26.1 Å². The molecule has 1 saturated heterocycles. The number of rotatable bonds is 2. The molecule has 0 amide bonds. The fraction of sp³-hybridized carbons (Fsp3) is 0.538. The predicted molar refractivity (Wildman–Crippen MR) is 68.7 cm³/mol. The molecule has 0 bridgehead atoms. The lowest BCUT2D eigenvalue weighted by molar-refractivity contribution is -0.255. The molecule has 0 aromatic heterocycles. The van der Waals surface area contributed by atoms with Crippen molar-refractivity contribution in [3.05, 3.63) is 23.8 Å². The van der Waals surface area contributed by atoms with Crippen LogP contribution in [0.15, 0.2) is 18.2 Å². The molecule has 0 aliphatic carbocycles. The summed E-state index contributed by atoms with van der Waals surface area (Å²) in [6.45, 7) is 1.50. The molecule has 2 rings (SSSR count). The third-order valence-corrected chi connectivity index (χ3v) is 2.99. The second kappa shape index (κ2) is 6.92. The van der Waals surface area contributed by atoms with E-state index in [1.807, 2.05) is 11.9 Å². The lowest BCUT2D eigenvalue weighted by atomic mass is 10.1. The Bertz CT molecular complexity index is 438. The highest BCUT2D eigenvalue weighted by Gasteiger charge is 2.36. The number of likely N-dealkylation sites (tertiary alicyclic amines) is 1. The number of benzene rings is 1. The van der Waals surface area contributed by atoms with Crippen LogP contribution in [0.25, 0.3) is 0 Å². The van der Waals surface area contributed by atoms with Gasteiger partial charge in [-0.15, -0.1) is 0 Å². The fourth-order valence-corrected chi connectivity index (χ4v) is 2.07. The summed E-state index contributed by atoms with van der Waals surface area (Å²) in [5.74, 6) is -0.102. The number of alkyl halides is 3. The summed E-state index contributed by atoms with van der Waals surface area (Å²) < 4.78 is 44.1. The summed E-state index contributed by atoms with van der Waals surface area (Å²) >= 11 is 0. The van der Waals surface area contributed by atoms with Gasteiger partial charge in [-0.05, 0) is 19.5 Å². The van der Waals surface area contributed by atoms with Gasteiger partial charge in [-0.25, -0.2) is 0 Å². The number of halogens is 3. The van der Waals surface area contributed by atoms with Gasteiger partial charge < -0.3 is 20.5 Å². The molecular weight excluding hydrogens is 273 g/mol. The van der Waals surface area contributed by atoms with Crippen molar-refractivity contribution in [1.29, 1.82) is 0 Å². The van der Waals surface area contributed by atoms with Crippen LogP contribution in [-0.2, 0) is 6.18 Å². The summed E-state index contributed by atoms with van der Waals surface area (Å²) in [4.78, 5) is 2.04. The van der Waals surface area contributed by atoms with Crippen LogP contribution in [0, 0.1) is 0 Å². The van der Waals surface area contributed by atoms with E-state index >= 15 is 0 Å². The molecule has 0 spiro atoms. The Labute approximate surface area is 115 Å². The minimum Gasteiger partial charge on any atom is -0.488 e. The Morgan fingerprint density at radius 1 is 1.35 bits per heavy atom. The van der Waals surface area contributed by atoms with E-state index in [9.17, 15) is 13.2 Å². The van der Waals surface area contributed by atoms with Crippen molar-refractivity contribution in [1.82, 2.24) is 4.90 Å². The zero-order valence-corrected chi connectivity index (χ0v) is 11.6. The minimum atomic E-state index is -4.41. The van der Waals surface area contributed by atoms with E-state index in [1.54, 1.807) is 0 Å². The average molecular weight is 293 g/mol. The van der Waals surface area contributed by atoms with Crippen molar-refractivity contribution in [2.24, 2.45) is 0 Å². The first-order chi connectivity index (χ1) is 9.36. The average Bonchev–Trinajstić information content (AvgIpc) is 2.78. The monoisotopic (exact) mass is 293 g/mol. The highest BCUT2D eigenvalue weighted by atomic mass is 19.4. The molecule has 7 heteroatoms. The van der Waals surface area contributed by atoms with Crippen molar-refractivity contribution < 1.29 is 28.7 Å². The lowest BCUT2D eigenvalue weighted by Crippen LogP contribution is -2.40. The quantitative estimate of drug-likeness (QED) is 0.863. The standard InChI is InChI=1S/C12H15F3N2O.CH4O/c1-17-5-4-9(7-17)18-11-3-2-8(16)6-10(11)12(13,14)15;1-2/h2-3,6,9H,4-5,7,16H2,1H3;2H,1H3/p+1. The Morgan fingerprint density at radius 2 is 2.00 bits per heavy atom. The van der Waals surface area contributed by atoms with Gasteiger partial charge in [-0.1, -0.05) is 0 Å². The zero-order chi connectivity index (χ0) is 15.3. The number of hydrogen-bond donors (Lipinski definition) is 2. The first-order valence-electron chi connectivity index (χ1n) is 6.19. The number of quaternary nitrogens is 1. The molecule has 1 aromatic rings. The summed E-state index contributed by atoms with van der Waals surface area (Å²) in [5, 5.41) is 7.00. The van der Waals surface area contributed by atoms with E-state index in [2.05, 4.69) is 5.73 Å². The number of likely N-dealkylation sites (N-methyl/N-ethyl adjacent to an activating group) is 1. The van der Waals surface area contributed by atoms with Gasteiger partial charge in [0.2, 0.25) is 0 Å². The second-order valence-corrected chi connectivity index (χ2v) is 4.62. The Balaban J connectivity index is 0.000000956. The van der Waals surface area contributed by atoms with E-state index in [-0.39, 0.29) is 11.9 Å². The van der Waals surface area contributed by atoms with E-state index in [1.165, 1.54) is 12.1 Å². The van der Waals surface area contributed by atoms with Crippen LogP contribution in [0.5, 0.6) is 5.75 Å². The summed E-state index contributed by atoms with van der Waals surface area (Å²) in [6, 6.07) is 3.90. The molecule has 0 saturated carbocycles. The lowest BCUT2D eigenvalue weighted by Gasteiger charge is -2.18. The number of nitrogens with zero attached hydrogens (tertiary/aromatic N) is 1. The van der Waals surface area contributed by atoms with Crippen LogP contribution in [0.4, 0.5) is 18.9 Å². The van der Waals surface area contributed by atoms with Gasteiger partial charge >= 0.3 is 6.18 Å². The van der Waals surface area contributed by atoms with Crippen LogP contribution >= 0.6 is 0 Å². The van der Waals surface area contributed by atoms with Crippen LogP contribution in [0.3, 0.4) is 0 Å². The SMILES string of the molecule is CN1CCC(Oc2ccc([NH3+])cc2C(F)(F)F)C1.CO. The molecule has 1 fully saturated rings. The second-order valence-electron chi connectivity index (χ2n) is 4.62. The third-order valence-electron chi connectivity index (χ3n) is 2.99. The van der Waals surface area contributed by atoms with Crippen LogP contribution in [0.2, 0.25) is 0 Å². The third kappa shape index (κ3) is 4.36. The highest BCUT2D eigenvalue weighted by Crippen LogP contribution is 2.37. The number of aliphatic hydroxyl groups excluding tert-OH is 1. The molecule has 1 unspecified atom stereocenters. The molecule has 1 aromatic carbocycles. The summed E-state index contributed by atoms with van der Waals surface area (Å²) in [6.07, 6.45) is -3.83. The number of ether oxygens (including phenoxy) is 1. The Kier molecular flexibility index (Phi) is 5.79. The molecule has 4 nitrogen and oxygen atoms in total. The molecule has 1 heterocycles. The molecule has 0 radical (unpaired) electrons. The molecule has 1 aliphatic rings. The molecule has 4 N–H and O–H groups in total. The van der Waals surface area contributed by atoms with Gasteiger partial charge in [0.25, 0.3) is 0 Å². The topological polar surface area (TPSA) is 60.3 Å². The fourth-order valence-electron chi connectivity index (χ4n) is 2.07. The Hall–Kier alpha value is -1.31. The summed E-state index contributed by atoms with van der Waals surface area (Å²) in [5.41, 5.74) is 3.10. The zero-order valence-electron chi connectivity index (χ0n) is 11.6. The molecule has 20 heavy (non-hydrogen) atoms. The van der Waals surface area contributed by atoms with Gasteiger partial charge in [0.05, 0.1) is 0 Å². The molecule has 1 atom stereocenters. The predicted octanol–water partition coefficient (Wildman–Crippen LogP) is 1.27. The van der Waals surface area contributed by atoms with Gasteiger partial charge in [0.15, 0.2) is 0 Å². The number of aliphatic hydroxyl groups is 1. The minimum absolute atomic E-state index is 0.102. The van der Waals surface area contributed by atoms with Crippen LogP contribution in [-0.4, -0.2) is 43.4 Å². The molecule has 1 aliphatic heterocycles. The van der Waals surface area contributed by atoms with Crippen LogP contribution < -0.4 is 10.5 Å². The van der Waals surface area contributed by atoms with Crippen molar-refractivity contribution in [2.75, 3.05) is 27.2 Å². The molecule has 114 valence electrons. The van der Waals surface area contributed by atoms with Gasteiger partial charge in [-0.2, -0.15) is 13.2 Å². The smallest absolute Gasteiger partial charge is 0.420 e. The maximum Gasteiger partial charge on any atom is 0.420 e. The van der Waals surface area contributed by atoms with Gasteiger partial charge in [-0.3, -0.25) is 0 Å². The molecular formula is C13H20F3N2O2+. The van der Waals surface area contributed by atoms with Crippen molar-refractivity contribution in [3.63, 3.8) is 0 Å². The number of hydrogen-bond acceptors (Lipinski definition) is 3. The van der Waals surface area contributed by atoms with Crippen molar-refractivity contribution in [2.45, 2.75) is 18.7 Å². The van der Waals surface area contributed by atoms with Crippen molar-refractivity contribution in [3.8, 4) is 5.75 Å². The van der Waals surface area contributed by atoms with Crippen molar-refractivity contribution >= 4 is 5.69 Å². The first-order valence-corrected chi connectivity index (χ1v) is 6.19.